The number of rotatable bonds is 65. The first-order valence-electron chi connectivity index (χ1n) is 35.6. The van der Waals surface area contributed by atoms with Crippen molar-refractivity contribution in [1.82, 2.24) is 0 Å². The van der Waals surface area contributed by atoms with Gasteiger partial charge in [0.05, 0.1) is 0 Å². The molecule has 0 aliphatic carbocycles. The van der Waals surface area contributed by atoms with Gasteiger partial charge in [0.1, 0.15) is 13.2 Å². The van der Waals surface area contributed by atoms with Crippen molar-refractivity contribution in [2.45, 2.75) is 367 Å². The van der Waals surface area contributed by atoms with E-state index >= 15 is 0 Å². The van der Waals surface area contributed by atoms with Gasteiger partial charge in [-0.05, 0) is 122 Å². The molecule has 0 heterocycles. The minimum atomic E-state index is -0.790. The molecule has 0 fully saturated rings. The maximum Gasteiger partial charge on any atom is 0.306 e. The van der Waals surface area contributed by atoms with E-state index in [0.29, 0.717) is 19.3 Å². The van der Waals surface area contributed by atoms with Crippen LogP contribution in [0, 0.1) is 0 Å². The van der Waals surface area contributed by atoms with Crippen molar-refractivity contribution >= 4 is 17.9 Å². The molecule has 0 amide bonds. The standard InChI is InChI=1S/C76H134O6/c1-4-7-10-13-16-19-22-25-28-31-34-36-37-38-39-41-42-45-48-51-54-57-60-63-66-69-75(78)81-72-73(71-80-74(77)68-65-62-59-56-53-50-47-44-33-30-27-24-21-18-15-12-9-6-3)82-76(79)70-67-64-61-58-55-52-49-46-43-40-35-32-29-26-23-20-17-14-11-8-5-2/h21-26,30-35,43,46,73H,4-20,27-29,36-42,44-45,47-72H2,1-3H3/b24-21-,25-22-,26-23-,33-30-,34-31-,35-32-,46-43-. The summed E-state index contributed by atoms with van der Waals surface area (Å²) in [5.74, 6) is -0.887. The van der Waals surface area contributed by atoms with E-state index in [4.69, 9.17) is 14.2 Å². The molecule has 0 spiro atoms. The fourth-order valence-electron chi connectivity index (χ4n) is 10.2. The Morgan fingerprint density at radius 1 is 0.244 bits per heavy atom. The van der Waals surface area contributed by atoms with Gasteiger partial charge in [0, 0.05) is 19.3 Å². The van der Waals surface area contributed by atoms with Crippen molar-refractivity contribution in [3.63, 3.8) is 0 Å². The van der Waals surface area contributed by atoms with Crippen LogP contribution in [0.15, 0.2) is 85.1 Å². The van der Waals surface area contributed by atoms with Gasteiger partial charge < -0.3 is 14.2 Å². The van der Waals surface area contributed by atoms with Crippen LogP contribution in [0.25, 0.3) is 0 Å². The smallest absolute Gasteiger partial charge is 0.306 e. The van der Waals surface area contributed by atoms with E-state index < -0.39 is 6.10 Å². The highest BCUT2D eigenvalue weighted by Gasteiger charge is 2.19. The largest absolute Gasteiger partial charge is 0.462 e. The molecule has 0 aromatic rings. The third-order valence-electron chi connectivity index (χ3n) is 15.6. The molecule has 0 saturated carbocycles. The third kappa shape index (κ3) is 67.4. The lowest BCUT2D eigenvalue weighted by molar-refractivity contribution is -0.167. The number of ether oxygens (including phenoxy) is 3. The number of allylic oxidation sites excluding steroid dienone is 14. The predicted octanol–water partition coefficient (Wildman–Crippen LogP) is 24.6. The van der Waals surface area contributed by atoms with E-state index in [-0.39, 0.29) is 31.1 Å². The number of carbonyl (C=O) groups excluding carboxylic acids is 3. The Labute approximate surface area is 509 Å². The lowest BCUT2D eigenvalue weighted by atomic mass is 10.0. The van der Waals surface area contributed by atoms with E-state index in [1.165, 1.54) is 218 Å². The molecule has 0 aliphatic heterocycles. The highest BCUT2D eigenvalue weighted by Crippen LogP contribution is 2.17. The van der Waals surface area contributed by atoms with E-state index in [1.807, 2.05) is 0 Å². The number of hydrogen-bond acceptors (Lipinski definition) is 6. The molecule has 0 N–H and O–H groups in total. The second-order valence-corrected chi connectivity index (χ2v) is 23.8. The average Bonchev–Trinajstić information content (AvgIpc) is 3.47. The molecule has 0 bridgehead atoms. The first kappa shape index (κ1) is 78.6. The van der Waals surface area contributed by atoms with Crippen LogP contribution in [0.2, 0.25) is 0 Å². The van der Waals surface area contributed by atoms with Gasteiger partial charge in [-0.2, -0.15) is 0 Å². The van der Waals surface area contributed by atoms with Crippen LogP contribution >= 0.6 is 0 Å². The highest BCUT2D eigenvalue weighted by molar-refractivity contribution is 5.71. The fourth-order valence-corrected chi connectivity index (χ4v) is 10.2. The quantitative estimate of drug-likeness (QED) is 0.0261. The Balaban J connectivity index is 4.38. The molecular formula is C76H134O6. The van der Waals surface area contributed by atoms with Crippen molar-refractivity contribution in [1.29, 1.82) is 0 Å². The van der Waals surface area contributed by atoms with Crippen LogP contribution in [-0.2, 0) is 28.6 Å². The summed E-state index contributed by atoms with van der Waals surface area (Å²) < 4.78 is 17.0. The third-order valence-corrected chi connectivity index (χ3v) is 15.6. The summed E-state index contributed by atoms with van der Waals surface area (Å²) in [6, 6.07) is 0. The Bertz CT molecular complexity index is 1550. The molecular weight excluding hydrogens is 1010 g/mol. The summed E-state index contributed by atoms with van der Waals surface area (Å²) in [7, 11) is 0. The zero-order valence-electron chi connectivity index (χ0n) is 54.5. The normalized spacial score (nSPS) is 12.6. The monoisotopic (exact) mass is 1140 g/mol. The van der Waals surface area contributed by atoms with Crippen LogP contribution < -0.4 is 0 Å². The van der Waals surface area contributed by atoms with Gasteiger partial charge in [-0.3, -0.25) is 14.4 Å². The van der Waals surface area contributed by atoms with Crippen molar-refractivity contribution in [3.8, 4) is 0 Å². The molecule has 0 saturated heterocycles. The number of hydrogen-bond donors (Lipinski definition) is 0. The zero-order chi connectivity index (χ0) is 59.2. The van der Waals surface area contributed by atoms with E-state index in [2.05, 4.69) is 106 Å². The topological polar surface area (TPSA) is 78.9 Å². The number of carbonyl (C=O) groups is 3. The Hall–Kier alpha value is -3.41. The summed E-state index contributed by atoms with van der Waals surface area (Å²) in [5, 5.41) is 0. The second-order valence-electron chi connectivity index (χ2n) is 23.8. The minimum Gasteiger partial charge on any atom is -0.462 e. The highest BCUT2D eigenvalue weighted by atomic mass is 16.6. The van der Waals surface area contributed by atoms with Gasteiger partial charge in [0.25, 0.3) is 0 Å². The van der Waals surface area contributed by atoms with Crippen LogP contribution in [0.1, 0.15) is 361 Å². The molecule has 1 atom stereocenters. The minimum absolute atomic E-state index is 0.0833. The predicted molar refractivity (Wildman–Crippen MR) is 358 cm³/mol. The lowest BCUT2D eigenvalue weighted by Gasteiger charge is -2.18. The molecule has 6 heteroatoms. The van der Waals surface area contributed by atoms with Crippen molar-refractivity contribution in [2.24, 2.45) is 0 Å². The Kier molecular flexibility index (Phi) is 67.2. The lowest BCUT2D eigenvalue weighted by Crippen LogP contribution is -2.30. The summed E-state index contributed by atoms with van der Waals surface area (Å²) in [4.78, 5) is 38.5. The number of unbranched alkanes of at least 4 members (excludes halogenated alkanes) is 40. The van der Waals surface area contributed by atoms with Gasteiger partial charge in [-0.1, -0.05) is 305 Å². The summed E-state index contributed by atoms with van der Waals surface area (Å²) in [5.41, 5.74) is 0. The Morgan fingerprint density at radius 2 is 0.439 bits per heavy atom. The number of esters is 3. The van der Waals surface area contributed by atoms with E-state index in [0.717, 1.165) is 103 Å². The maximum atomic E-state index is 13.0. The molecule has 0 aliphatic rings. The summed E-state index contributed by atoms with van der Waals surface area (Å²) >= 11 is 0. The molecule has 82 heavy (non-hydrogen) atoms. The van der Waals surface area contributed by atoms with Crippen molar-refractivity contribution in [2.75, 3.05) is 13.2 Å². The van der Waals surface area contributed by atoms with Crippen molar-refractivity contribution in [3.05, 3.63) is 85.1 Å². The molecule has 0 rings (SSSR count). The van der Waals surface area contributed by atoms with Crippen LogP contribution in [0.5, 0.6) is 0 Å². The molecule has 0 radical (unpaired) electrons. The molecule has 474 valence electrons. The Morgan fingerprint density at radius 3 is 0.695 bits per heavy atom. The fraction of sp³-hybridized carbons (Fsp3) is 0.776. The molecule has 0 aromatic carbocycles. The van der Waals surface area contributed by atoms with Crippen molar-refractivity contribution < 1.29 is 28.6 Å². The molecule has 1 unspecified atom stereocenters. The van der Waals surface area contributed by atoms with Crippen LogP contribution in [0.3, 0.4) is 0 Å². The van der Waals surface area contributed by atoms with Gasteiger partial charge in [0.15, 0.2) is 6.10 Å². The molecule has 6 nitrogen and oxygen atoms in total. The summed E-state index contributed by atoms with van der Waals surface area (Å²) in [6.07, 6.45) is 93.1. The van der Waals surface area contributed by atoms with Gasteiger partial charge in [0.2, 0.25) is 0 Å². The van der Waals surface area contributed by atoms with E-state index in [1.54, 1.807) is 0 Å². The van der Waals surface area contributed by atoms with Gasteiger partial charge in [-0.15, -0.1) is 0 Å². The zero-order valence-corrected chi connectivity index (χ0v) is 54.5. The summed E-state index contributed by atoms with van der Waals surface area (Å²) in [6.45, 7) is 6.63. The van der Waals surface area contributed by atoms with E-state index in [9.17, 15) is 14.4 Å². The first-order valence-corrected chi connectivity index (χ1v) is 35.6. The first-order chi connectivity index (χ1) is 40.5. The van der Waals surface area contributed by atoms with Crippen LogP contribution in [0.4, 0.5) is 0 Å². The van der Waals surface area contributed by atoms with Crippen LogP contribution in [-0.4, -0.2) is 37.2 Å². The average molecular weight is 1140 g/mol. The second kappa shape index (κ2) is 70.1. The SMILES string of the molecule is CCCCCC/C=C\C/C=C\CCCCCCCCCC(=O)OCC(COC(=O)CCCCCCCCCCCCCCC/C=C\C/C=C\CCCCCCC)OC(=O)CCCCCCCC/C=C\C/C=C\C/C=C\CCCCCCC. The van der Waals surface area contributed by atoms with Gasteiger partial charge >= 0.3 is 17.9 Å². The maximum absolute atomic E-state index is 13.0. The van der Waals surface area contributed by atoms with Gasteiger partial charge in [-0.25, -0.2) is 0 Å². The molecule has 0 aromatic heterocycles.